The van der Waals surface area contributed by atoms with Crippen molar-refractivity contribution in [2.45, 2.75) is 13.3 Å². The number of furan rings is 1. The SMILES string of the molecule is CC1C/C=C(\n2c3ccccc3c3ccccc32)N=C(c2ccc(-n3c4ccccc4c4cc5ccccc5cc43)c3oc4ccccc4c23)N=C1c1ccc2c(c1)sc1ccccc12. The molecule has 1 unspecified atom stereocenters. The van der Waals surface area contributed by atoms with Crippen LogP contribution in [0.3, 0.4) is 0 Å². The van der Waals surface area contributed by atoms with Gasteiger partial charge in [0.25, 0.3) is 0 Å². The molecule has 13 aromatic rings. The number of nitrogens with zero attached hydrogens (tertiary/aromatic N) is 4. The van der Waals surface area contributed by atoms with Crippen molar-refractivity contribution in [1.29, 1.82) is 0 Å². The van der Waals surface area contributed by atoms with Gasteiger partial charge in [-0.25, -0.2) is 9.98 Å². The molecule has 65 heavy (non-hydrogen) atoms. The van der Waals surface area contributed by atoms with Crippen LogP contribution in [-0.2, 0) is 0 Å². The third-order valence-electron chi connectivity index (χ3n) is 13.6. The summed E-state index contributed by atoms with van der Waals surface area (Å²) in [6.45, 7) is 2.30. The van der Waals surface area contributed by atoms with E-state index in [1.54, 1.807) is 0 Å². The van der Waals surface area contributed by atoms with Gasteiger partial charge in [-0.05, 0) is 89.5 Å². The molecule has 0 spiro atoms. The first-order valence-electron chi connectivity index (χ1n) is 22.3. The third-order valence-corrected chi connectivity index (χ3v) is 14.7. The fourth-order valence-electron chi connectivity index (χ4n) is 10.6. The van der Waals surface area contributed by atoms with Gasteiger partial charge in [-0.2, -0.15) is 0 Å². The number of fused-ring (bicyclic) bond motifs is 13. The zero-order valence-corrected chi connectivity index (χ0v) is 36.2. The second kappa shape index (κ2) is 14.0. The minimum atomic E-state index is 0.0821. The molecule has 0 bridgehead atoms. The van der Waals surface area contributed by atoms with Gasteiger partial charge in [0, 0.05) is 64.0 Å². The van der Waals surface area contributed by atoms with Gasteiger partial charge in [0.15, 0.2) is 11.4 Å². The Balaban J connectivity index is 1.06. The summed E-state index contributed by atoms with van der Waals surface area (Å²) in [5, 5.41) is 11.8. The van der Waals surface area contributed by atoms with E-state index < -0.39 is 0 Å². The lowest BCUT2D eigenvalue weighted by Crippen LogP contribution is -2.18. The standard InChI is InChI=1S/C59H38N4OS/c1-35-26-31-55(63-48-22-10-4-16-39(48)40-17-5-11-23-49(40)63)60-59(61-57(35)38-27-28-43-42-19-8-13-25-53(42)65-54(43)34-38)45-29-30-50(58-56(45)44-20-7-12-24-52(44)64-58)62-47-21-9-6-18-41(47)46-32-36-14-2-3-15-37(36)33-51(46)62/h2-25,27-35H,26H2,1H3/b55-31-,60-59?,61-57?. The summed E-state index contributed by atoms with van der Waals surface area (Å²) in [5.41, 5.74) is 10.1. The quantitative estimate of drug-likeness (QED) is 0.174. The molecule has 306 valence electrons. The predicted molar refractivity (Wildman–Crippen MR) is 275 cm³/mol. The predicted octanol–water partition coefficient (Wildman–Crippen LogP) is 16.1. The second-order valence-electron chi connectivity index (χ2n) is 17.3. The van der Waals surface area contributed by atoms with E-state index in [0.717, 1.165) is 78.8 Å². The second-order valence-corrected chi connectivity index (χ2v) is 18.4. The minimum Gasteiger partial charge on any atom is -0.454 e. The average molecular weight is 851 g/mol. The summed E-state index contributed by atoms with van der Waals surface area (Å²) in [5.74, 6) is 1.58. The Kier molecular flexibility index (Phi) is 7.83. The molecule has 14 rings (SSSR count). The van der Waals surface area contributed by atoms with Crippen molar-refractivity contribution >= 4 is 125 Å². The van der Waals surface area contributed by atoms with Gasteiger partial charge in [-0.3, -0.25) is 4.57 Å². The summed E-state index contributed by atoms with van der Waals surface area (Å²) in [7, 11) is 0. The highest BCUT2D eigenvalue weighted by molar-refractivity contribution is 7.25. The molecule has 0 radical (unpaired) electrons. The topological polar surface area (TPSA) is 47.7 Å². The van der Waals surface area contributed by atoms with Crippen LogP contribution in [0.25, 0.3) is 108 Å². The molecule has 1 aliphatic heterocycles. The van der Waals surface area contributed by atoms with Crippen LogP contribution in [0.5, 0.6) is 0 Å². The molecule has 0 aliphatic carbocycles. The molecule has 0 saturated carbocycles. The molecule has 0 saturated heterocycles. The summed E-state index contributed by atoms with van der Waals surface area (Å²) in [6, 6.07) is 67.7. The van der Waals surface area contributed by atoms with Crippen LogP contribution in [-0.4, -0.2) is 20.7 Å². The van der Waals surface area contributed by atoms with Crippen molar-refractivity contribution < 1.29 is 4.42 Å². The van der Waals surface area contributed by atoms with Crippen molar-refractivity contribution in [3.05, 3.63) is 205 Å². The first-order valence-corrected chi connectivity index (χ1v) is 23.1. The van der Waals surface area contributed by atoms with Crippen LogP contribution in [0.2, 0.25) is 0 Å². The number of thiophene rings is 1. The monoisotopic (exact) mass is 850 g/mol. The zero-order chi connectivity index (χ0) is 42.8. The first-order chi connectivity index (χ1) is 32.1. The van der Waals surface area contributed by atoms with Gasteiger partial charge in [0.2, 0.25) is 0 Å². The third kappa shape index (κ3) is 5.44. The Hall–Kier alpha value is -8.06. The number of para-hydroxylation sites is 4. The van der Waals surface area contributed by atoms with E-state index in [-0.39, 0.29) is 5.92 Å². The van der Waals surface area contributed by atoms with Crippen molar-refractivity contribution in [2.75, 3.05) is 0 Å². The molecule has 5 heterocycles. The number of hydrogen-bond donors (Lipinski definition) is 0. The van der Waals surface area contributed by atoms with Crippen LogP contribution < -0.4 is 0 Å². The molecular weight excluding hydrogens is 813 g/mol. The van der Waals surface area contributed by atoms with E-state index >= 15 is 0 Å². The lowest BCUT2D eigenvalue weighted by molar-refractivity contribution is 0.666. The van der Waals surface area contributed by atoms with E-state index in [0.29, 0.717) is 5.84 Å². The molecule has 4 aromatic heterocycles. The summed E-state index contributed by atoms with van der Waals surface area (Å²) < 4.78 is 14.3. The number of aromatic nitrogens is 2. The number of rotatable bonds is 4. The Morgan fingerprint density at radius 1 is 0.508 bits per heavy atom. The molecule has 1 aliphatic rings. The molecule has 0 fully saturated rings. The normalized spacial score (nSPS) is 15.7. The van der Waals surface area contributed by atoms with Crippen LogP contribution in [0, 0.1) is 5.92 Å². The van der Waals surface area contributed by atoms with Gasteiger partial charge < -0.3 is 8.98 Å². The zero-order valence-electron chi connectivity index (χ0n) is 35.4. The number of allylic oxidation sites excluding steroid dienone is 1. The lowest BCUT2D eigenvalue weighted by Gasteiger charge is -2.20. The van der Waals surface area contributed by atoms with Gasteiger partial charge in [0.1, 0.15) is 11.4 Å². The number of aliphatic imine (C=N–C) groups is 2. The maximum absolute atomic E-state index is 7.06. The van der Waals surface area contributed by atoms with E-state index in [4.69, 9.17) is 14.4 Å². The molecule has 9 aromatic carbocycles. The van der Waals surface area contributed by atoms with Gasteiger partial charge >= 0.3 is 0 Å². The van der Waals surface area contributed by atoms with Gasteiger partial charge in [-0.15, -0.1) is 11.3 Å². The van der Waals surface area contributed by atoms with E-state index in [1.807, 2.05) is 11.3 Å². The smallest absolute Gasteiger partial charge is 0.162 e. The van der Waals surface area contributed by atoms with Crippen molar-refractivity contribution in [1.82, 2.24) is 9.13 Å². The number of hydrogen-bond acceptors (Lipinski definition) is 4. The fourth-order valence-corrected chi connectivity index (χ4v) is 11.7. The van der Waals surface area contributed by atoms with Gasteiger partial charge in [-0.1, -0.05) is 134 Å². The molecular formula is C59H38N4OS. The Morgan fingerprint density at radius 2 is 1.12 bits per heavy atom. The molecule has 0 N–H and O–H groups in total. The van der Waals surface area contributed by atoms with E-state index in [2.05, 4.69) is 210 Å². The van der Waals surface area contributed by atoms with Crippen LogP contribution >= 0.6 is 11.3 Å². The average Bonchev–Trinajstić information content (AvgIpc) is 4.10. The van der Waals surface area contributed by atoms with Crippen LogP contribution in [0.4, 0.5) is 0 Å². The van der Waals surface area contributed by atoms with Gasteiger partial charge in [0.05, 0.1) is 33.5 Å². The number of benzene rings is 9. The van der Waals surface area contributed by atoms with Crippen molar-refractivity contribution in [3.63, 3.8) is 0 Å². The summed E-state index contributed by atoms with van der Waals surface area (Å²) in [4.78, 5) is 11.5. The molecule has 1 atom stereocenters. The lowest BCUT2D eigenvalue weighted by atomic mass is 9.93. The molecule has 0 amide bonds. The fraction of sp³-hybridized carbons (Fsp3) is 0.0508. The maximum atomic E-state index is 7.06. The van der Waals surface area contributed by atoms with Crippen LogP contribution in [0.1, 0.15) is 24.5 Å². The highest BCUT2D eigenvalue weighted by atomic mass is 32.1. The van der Waals surface area contributed by atoms with Crippen LogP contribution in [0.15, 0.2) is 209 Å². The Bertz CT molecular complexity index is 4190. The molecule has 5 nitrogen and oxygen atoms in total. The minimum absolute atomic E-state index is 0.0821. The Labute approximate surface area is 377 Å². The summed E-state index contributed by atoms with van der Waals surface area (Å²) >= 11 is 1.84. The summed E-state index contributed by atoms with van der Waals surface area (Å²) in [6.07, 6.45) is 3.08. The Morgan fingerprint density at radius 3 is 1.89 bits per heavy atom. The first kappa shape index (κ1) is 36.4. The number of amidine groups is 1. The highest BCUT2D eigenvalue weighted by Crippen LogP contribution is 2.42. The van der Waals surface area contributed by atoms with Crippen molar-refractivity contribution in [2.24, 2.45) is 15.9 Å². The maximum Gasteiger partial charge on any atom is 0.162 e. The van der Waals surface area contributed by atoms with Crippen molar-refractivity contribution in [3.8, 4) is 5.69 Å². The van der Waals surface area contributed by atoms with E-state index in [1.165, 1.54) is 52.5 Å². The largest absolute Gasteiger partial charge is 0.454 e. The molecule has 6 heteroatoms. The van der Waals surface area contributed by atoms with E-state index in [9.17, 15) is 0 Å². The highest BCUT2D eigenvalue weighted by Gasteiger charge is 2.26.